The first-order valence-corrected chi connectivity index (χ1v) is 5.79. The van der Waals surface area contributed by atoms with E-state index in [2.05, 4.69) is 10.4 Å². The van der Waals surface area contributed by atoms with Crippen LogP contribution < -0.4 is 10.2 Å². The largest absolute Gasteiger partial charge is 0.345 e. The third kappa shape index (κ3) is 2.02. The molecule has 1 aliphatic rings. The van der Waals surface area contributed by atoms with Crippen molar-refractivity contribution >= 4 is 17.5 Å². The topological polar surface area (TPSA) is 67.2 Å². The lowest BCUT2D eigenvalue weighted by atomic mass is 10.1. The molecule has 2 rings (SSSR count). The van der Waals surface area contributed by atoms with E-state index in [1.165, 1.54) is 4.90 Å². The molecule has 1 atom stereocenters. The van der Waals surface area contributed by atoms with Gasteiger partial charge in [0.15, 0.2) is 0 Å². The number of hydrogen-bond donors (Lipinski definition) is 1. The number of carbonyl (C=O) groups excluding carboxylic acids is 2. The molecule has 6 heteroatoms. The normalized spacial score (nSPS) is 20.6. The molecular weight excluding hydrogens is 220 g/mol. The van der Waals surface area contributed by atoms with Gasteiger partial charge in [-0.15, -0.1) is 0 Å². The third-order valence-corrected chi connectivity index (χ3v) is 2.91. The van der Waals surface area contributed by atoms with E-state index in [9.17, 15) is 9.59 Å². The summed E-state index contributed by atoms with van der Waals surface area (Å²) >= 11 is 0. The van der Waals surface area contributed by atoms with Gasteiger partial charge in [0.1, 0.15) is 6.04 Å². The van der Waals surface area contributed by atoms with Crippen LogP contribution in [0.1, 0.15) is 20.3 Å². The lowest BCUT2D eigenvalue weighted by Gasteiger charge is -2.33. The number of rotatable bonds is 3. The number of nitrogens with zero attached hydrogens (tertiary/aromatic N) is 3. The summed E-state index contributed by atoms with van der Waals surface area (Å²) in [6.07, 6.45) is 4.01. The summed E-state index contributed by atoms with van der Waals surface area (Å²) in [7, 11) is 0. The summed E-state index contributed by atoms with van der Waals surface area (Å²) in [5.41, 5.74) is 0.693. The predicted octanol–water partition coefficient (Wildman–Crippen LogP) is 0.144. The fraction of sp³-hybridized carbons (Fsp3) is 0.545. The molecule has 92 valence electrons. The van der Waals surface area contributed by atoms with Gasteiger partial charge >= 0.3 is 0 Å². The van der Waals surface area contributed by atoms with Crippen LogP contribution in [0.25, 0.3) is 0 Å². The van der Waals surface area contributed by atoms with E-state index >= 15 is 0 Å². The van der Waals surface area contributed by atoms with Crippen molar-refractivity contribution in [2.45, 2.75) is 32.9 Å². The van der Waals surface area contributed by atoms with E-state index in [4.69, 9.17) is 0 Å². The maximum Gasteiger partial charge on any atom is 0.247 e. The highest BCUT2D eigenvalue weighted by Gasteiger charge is 2.34. The third-order valence-electron chi connectivity index (χ3n) is 2.91. The first-order chi connectivity index (χ1) is 8.17. The number of aryl methyl sites for hydroxylation is 1. The molecule has 1 fully saturated rings. The lowest BCUT2D eigenvalue weighted by Crippen LogP contribution is -2.58. The molecule has 6 nitrogen and oxygen atoms in total. The van der Waals surface area contributed by atoms with Gasteiger partial charge in [-0.3, -0.25) is 19.2 Å². The Balaban J connectivity index is 2.32. The molecule has 0 aliphatic carbocycles. The van der Waals surface area contributed by atoms with Crippen molar-refractivity contribution in [2.75, 3.05) is 11.4 Å². The molecule has 0 spiro atoms. The molecule has 1 aromatic rings. The quantitative estimate of drug-likeness (QED) is 0.812. The smallest absolute Gasteiger partial charge is 0.247 e. The van der Waals surface area contributed by atoms with Gasteiger partial charge in [-0.05, 0) is 13.3 Å². The van der Waals surface area contributed by atoms with Gasteiger partial charge < -0.3 is 5.32 Å². The highest BCUT2D eigenvalue weighted by atomic mass is 16.2. The Bertz CT molecular complexity index is 440. The van der Waals surface area contributed by atoms with Gasteiger partial charge in [0, 0.05) is 12.7 Å². The van der Waals surface area contributed by atoms with Crippen LogP contribution in [0.3, 0.4) is 0 Å². The first kappa shape index (κ1) is 11.6. The van der Waals surface area contributed by atoms with Crippen LogP contribution in [0, 0.1) is 0 Å². The van der Waals surface area contributed by atoms with Gasteiger partial charge in [0.25, 0.3) is 0 Å². The van der Waals surface area contributed by atoms with Crippen molar-refractivity contribution in [1.82, 2.24) is 15.1 Å². The summed E-state index contributed by atoms with van der Waals surface area (Å²) in [5, 5.41) is 6.73. The first-order valence-electron chi connectivity index (χ1n) is 5.79. The monoisotopic (exact) mass is 236 g/mol. The molecule has 1 aliphatic heterocycles. The van der Waals surface area contributed by atoms with Crippen molar-refractivity contribution in [3.05, 3.63) is 12.4 Å². The summed E-state index contributed by atoms with van der Waals surface area (Å²) < 4.78 is 1.74. The molecule has 0 radical (unpaired) electrons. The Morgan fingerprint density at radius 1 is 1.47 bits per heavy atom. The maximum atomic E-state index is 11.9. The van der Waals surface area contributed by atoms with E-state index in [1.54, 1.807) is 17.1 Å². The van der Waals surface area contributed by atoms with E-state index in [0.29, 0.717) is 12.1 Å². The number of amides is 2. The van der Waals surface area contributed by atoms with Crippen molar-refractivity contribution in [3.63, 3.8) is 0 Å². The van der Waals surface area contributed by atoms with Crippen LogP contribution in [0.2, 0.25) is 0 Å². The van der Waals surface area contributed by atoms with Crippen LogP contribution in [0.5, 0.6) is 0 Å². The van der Waals surface area contributed by atoms with Gasteiger partial charge in [0.05, 0.1) is 18.4 Å². The minimum absolute atomic E-state index is 0.0621. The Morgan fingerprint density at radius 2 is 2.24 bits per heavy atom. The summed E-state index contributed by atoms with van der Waals surface area (Å²) in [6.45, 7) is 4.66. The van der Waals surface area contributed by atoms with Crippen molar-refractivity contribution < 1.29 is 9.59 Å². The molecule has 0 saturated carbocycles. The Kier molecular flexibility index (Phi) is 3.12. The molecule has 17 heavy (non-hydrogen) atoms. The van der Waals surface area contributed by atoms with Crippen LogP contribution in [0.15, 0.2) is 12.4 Å². The van der Waals surface area contributed by atoms with Crippen molar-refractivity contribution in [2.24, 2.45) is 0 Å². The zero-order chi connectivity index (χ0) is 12.4. The van der Waals surface area contributed by atoms with Crippen LogP contribution in [-0.4, -0.2) is 34.2 Å². The molecule has 0 aromatic carbocycles. The van der Waals surface area contributed by atoms with Gasteiger partial charge in [0.2, 0.25) is 11.8 Å². The molecule has 1 unspecified atom stereocenters. The average Bonchev–Trinajstić information content (AvgIpc) is 2.80. The zero-order valence-electron chi connectivity index (χ0n) is 10.0. The van der Waals surface area contributed by atoms with Gasteiger partial charge in [-0.25, -0.2) is 0 Å². The fourth-order valence-corrected chi connectivity index (χ4v) is 2.00. The molecule has 1 saturated heterocycles. The number of piperazine rings is 1. The van der Waals surface area contributed by atoms with E-state index in [0.717, 1.165) is 6.54 Å². The minimum Gasteiger partial charge on any atom is -0.345 e. The highest BCUT2D eigenvalue weighted by Crippen LogP contribution is 2.20. The Labute approximate surface area is 99.6 Å². The zero-order valence-corrected chi connectivity index (χ0v) is 10.0. The van der Waals surface area contributed by atoms with Crippen molar-refractivity contribution in [1.29, 1.82) is 0 Å². The molecule has 1 N–H and O–H groups in total. The van der Waals surface area contributed by atoms with Crippen LogP contribution >= 0.6 is 0 Å². The summed E-state index contributed by atoms with van der Waals surface area (Å²) in [6, 6.07) is -0.425. The molecule has 2 amide bonds. The van der Waals surface area contributed by atoms with E-state index < -0.39 is 6.04 Å². The second-order valence-corrected chi connectivity index (χ2v) is 3.96. The van der Waals surface area contributed by atoms with E-state index in [-0.39, 0.29) is 18.4 Å². The summed E-state index contributed by atoms with van der Waals surface area (Å²) in [5.74, 6) is -0.191. The standard InChI is InChI=1S/C11H16N4O2/c1-3-9-11(17)12-6-10(16)15(9)8-5-13-14(4-2)7-8/h5,7,9H,3-4,6H2,1-2H3,(H,12,17). The Hall–Kier alpha value is -1.85. The maximum absolute atomic E-state index is 11.9. The van der Waals surface area contributed by atoms with Crippen molar-refractivity contribution in [3.8, 4) is 0 Å². The highest BCUT2D eigenvalue weighted by molar-refractivity contribution is 6.06. The minimum atomic E-state index is -0.425. The van der Waals surface area contributed by atoms with Crippen LogP contribution in [-0.2, 0) is 16.1 Å². The lowest BCUT2D eigenvalue weighted by molar-refractivity contribution is -0.131. The molecular formula is C11H16N4O2. The molecule has 2 heterocycles. The van der Waals surface area contributed by atoms with E-state index in [1.807, 2.05) is 13.8 Å². The summed E-state index contributed by atoms with van der Waals surface area (Å²) in [4.78, 5) is 25.1. The average molecular weight is 236 g/mol. The van der Waals surface area contributed by atoms with Gasteiger partial charge in [-0.2, -0.15) is 5.10 Å². The second-order valence-electron chi connectivity index (χ2n) is 3.96. The Morgan fingerprint density at radius 3 is 2.82 bits per heavy atom. The molecule has 1 aromatic heterocycles. The SMILES string of the molecule is CCC1C(=O)NCC(=O)N1c1cnn(CC)c1. The second kappa shape index (κ2) is 4.57. The fourth-order valence-electron chi connectivity index (χ4n) is 2.00. The number of nitrogens with one attached hydrogen (secondary N) is 1. The van der Waals surface area contributed by atoms with Crippen LogP contribution in [0.4, 0.5) is 5.69 Å². The number of aromatic nitrogens is 2. The number of anilines is 1. The predicted molar refractivity (Wildman–Crippen MR) is 62.5 cm³/mol. The molecule has 0 bridgehead atoms. The number of carbonyl (C=O) groups is 2. The van der Waals surface area contributed by atoms with Gasteiger partial charge in [-0.1, -0.05) is 6.92 Å². The number of hydrogen-bond acceptors (Lipinski definition) is 3.